The first-order valence-electron chi connectivity index (χ1n) is 9.54. The van der Waals surface area contributed by atoms with Crippen LogP contribution in [-0.4, -0.2) is 29.5 Å². The highest BCUT2D eigenvalue weighted by atomic mass is 16.2. The fourth-order valence-electron chi connectivity index (χ4n) is 2.90. The summed E-state index contributed by atoms with van der Waals surface area (Å²) in [4.78, 5) is 29.1. The molecule has 3 rings (SSSR count). The van der Waals surface area contributed by atoms with E-state index in [1.165, 1.54) is 0 Å². The van der Waals surface area contributed by atoms with Crippen LogP contribution in [0, 0.1) is 0 Å². The van der Waals surface area contributed by atoms with Crippen molar-refractivity contribution in [1.82, 2.24) is 15.6 Å². The molecule has 3 amide bonds. The summed E-state index contributed by atoms with van der Waals surface area (Å²) < 4.78 is 0. The van der Waals surface area contributed by atoms with Crippen LogP contribution in [0.1, 0.15) is 11.1 Å². The largest absolute Gasteiger partial charge is 0.338 e. The van der Waals surface area contributed by atoms with Gasteiger partial charge in [0.05, 0.1) is 0 Å². The second-order valence-corrected chi connectivity index (χ2v) is 6.60. The molecule has 3 N–H and O–H groups in total. The number of nitrogens with zero attached hydrogens (tertiary/aromatic N) is 1. The number of hydrogen-bond acceptors (Lipinski definition) is 3. The predicted molar refractivity (Wildman–Crippen MR) is 113 cm³/mol. The summed E-state index contributed by atoms with van der Waals surface area (Å²) >= 11 is 0. The van der Waals surface area contributed by atoms with Crippen molar-refractivity contribution in [3.05, 3.63) is 96.3 Å². The van der Waals surface area contributed by atoms with Crippen LogP contribution in [0.25, 0.3) is 0 Å². The summed E-state index contributed by atoms with van der Waals surface area (Å²) in [6.45, 7) is 0.486. The van der Waals surface area contributed by atoms with Crippen molar-refractivity contribution in [3.8, 4) is 0 Å². The fraction of sp³-hybridized carbons (Fsp3) is 0.174. The van der Waals surface area contributed by atoms with E-state index in [1.54, 1.807) is 24.5 Å². The Labute approximate surface area is 170 Å². The minimum atomic E-state index is -0.706. The van der Waals surface area contributed by atoms with Crippen LogP contribution in [0.15, 0.2) is 85.2 Å². The highest BCUT2D eigenvalue weighted by molar-refractivity contribution is 5.97. The molecule has 0 saturated carbocycles. The fourth-order valence-corrected chi connectivity index (χ4v) is 2.90. The van der Waals surface area contributed by atoms with E-state index in [0.717, 1.165) is 17.5 Å². The summed E-state index contributed by atoms with van der Waals surface area (Å²) in [5, 5.41) is 8.45. The minimum absolute atomic E-state index is 0.279. The number of nitrogens with one attached hydrogen (secondary N) is 3. The highest BCUT2D eigenvalue weighted by Gasteiger charge is 2.21. The molecule has 1 aromatic heterocycles. The zero-order chi connectivity index (χ0) is 20.3. The van der Waals surface area contributed by atoms with E-state index < -0.39 is 6.04 Å². The molecule has 0 fully saturated rings. The molecule has 6 heteroatoms. The number of benzene rings is 2. The molecular weight excluding hydrogens is 364 g/mol. The summed E-state index contributed by atoms with van der Waals surface area (Å²) in [6.07, 6.45) is 4.32. The molecule has 0 aliphatic rings. The predicted octanol–water partition coefficient (Wildman–Crippen LogP) is 3.17. The van der Waals surface area contributed by atoms with Crippen LogP contribution in [0.3, 0.4) is 0 Å². The minimum Gasteiger partial charge on any atom is -0.338 e. The van der Waals surface area contributed by atoms with Gasteiger partial charge in [0, 0.05) is 31.0 Å². The second-order valence-electron chi connectivity index (χ2n) is 6.60. The zero-order valence-corrected chi connectivity index (χ0v) is 16.0. The van der Waals surface area contributed by atoms with Crippen LogP contribution in [0.5, 0.6) is 0 Å². The Kier molecular flexibility index (Phi) is 7.34. The molecule has 3 aromatic rings. The Morgan fingerprint density at radius 3 is 2.10 bits per heavy atom. The molecule has 0 bridgehead atoms. The number of urea groups is 1. The molecule has 1 heterocycles. The molecule has 6 nitrogen and oxygen atoms in total. The maximum atomic E-state index is 12.8. The average molecular weight is 388 g/mol. The van der Waals surface area contributed by atoms with Gasteiger partial charge in [0.1, 0.15) is 6.04 Å². The van der Waals surface area contributed by atoms with Gasteiger partial charge in [-0.1, -0.05) is 60.7 Å². The molecule has 1 unspecified atom stereocenters. The van der Waals surface area contributed by atoms with E-state index in [-0.39, 0.29) is 11.9 Å². The van der Waals surface area contributed by atoms with Crippen molar-refractivity contribution in [2.45, 2.75) is 18.9 Å². The van der Waals surface area contributed by atoms with Crippen molar-refractivity contribution >= 4 is 17.6 Å². The Hall–Kier alpha value is -3.67. The standard InChI is InChI=1S/C23H24N4O2/c28-22(26-20-12-14-24-15-13-20)21(17-19-9-5-2-6-10-19)27-23(29)25-16-11-18-7-3-1-4-8-18/h1-10,12-15,21H,11,16-17H2,(H,24,26,28)(H2,25,27,29). The number of anilines is 1. The van der Waals surface area contributed by atoms with Crippen molar-refractivity contribution in [1.29, 1.82) is 0 Å². The van der Waals surface area contributed by atoms with Crippen molar-refractivity contribution in [2.24, 2.45) is 0 Å². The second kappa shape index (κ2) is 10.6. The van der Waals surface area contributed by atoms with Crippen molar-refractivity contribution < 1.29 is 9.59 Å². The van der Waals surface area contributed by atoms with Gasteiger partial charge in [0.15, 0.2) is 0 Å². The van der Waals surface area contributed by atoms with Gasteiger partial charge in [0.2, 0.25) is 5.91 Å². The Balaban J connectivity index is 1.59. The number of aromatic nitrogens is 1. The van der Waals surface area contributed by atoms with Gasteiger partial charge in [-0.3, -0.25) is 9.78 Å². The number of amides is 3. The molecule has 148 valence electrons. The van der Waals surface area contributed by atoms with Crippen LogP contribution >= 0.6 is 0 Å². The Bertz CT molecular complexity index is 902. The first kappa shape index (κ1) is 20.1. The van der Waals surface area contributed by atoms with E-state index >= 15 is 0 Å². The first-order chi connectivity index (χ1) is 14.2. The number of carbonyl (C=O) groups excluding carboxylic acids is 2. The van der Waals surface area contributed by atoms with Crippen molar-refractivity contribution in [3.63, 3.8) is 0 Å². The molecule has 0 aliphatic carbocycles. The third kappa shape index (κ3) is 6.77. The number of pyridine rings is 1. The maximum absolute atomic E-state index is 12.8. The molecule has 0 saturated heterocycles. The molecule has 0 radical (unpaired) electrons. The van der Waals surface area contributed by atoms with Crippen LogP contribution < -0.4 is 16.0 Å². The monoisotopic (exact) mass is 388 g/mol. The lowest BCUT2D eigenvalue weighted by Gasteiger charge is -2.19. The summed E-state index contributed by atoms with van der Waals surface area (Å²) in [7, 11) is 0. The van der Waals surface area contributed by atoms with Gasteiger partial charge in [-0.15, -0.1) is 0 Å². The number of hydrogen-bond donors (Lipinski definition) is 3. The topological polar surface area (TPSA) is 83.1 Å². The third-order valence-electron chi connectivity index (χ3n) is 4.39. The smallest absolute Gasteiger partial charge is 0.315 e. The van der Waals surface area contributed by atoms with E-state index in [1.807, 2.05) is 60.7 Å². The Morgan fingerprint density at radius 2 is 1.45 bits per heavy atom. The lowest BCUT2D eigenvalue weighted by molar-refractivity contribution is -0.117. The van der Waals surface area contributed by atoms with Gasteiger partial charge >= 0.3 is 6.03 Å². The Morgan fingerprint density at radius 1 is 0.828 bits per heavy atom. The van der Waals surface area contributed by atoms with Crippen molar-refractivity contribution in [2.75, 3.05) is 11.9 Å². The SMILES string of the molecule is O=C(NCCc1ccccc1)NC(Cc1ccccc1)C(=O)Nc1ccncc1. The van der Waals surface area contributed by atoms with E-state index in [0.29, 0.717) is 18.7 Å². The molecule has 0 aliphatic heterocycles. The number of carbonyl (C=O) groups is 2. The summed E-state index contributed by atoms with van der Waals surface area (Å²) in [5.41, 5.74) is 2.74. The zero-order valence-electron chi connectivity index (χ0n) is 16.0. The maximum Gasteiger partial charge on any atom is 0.315 e. The molecular formula is C23H24N4O2. The quantitative estimate of drug-likeness (QED) is 0.554. The first-order valence-corrected chi connectivity index (χ1v) is 9.54. The van der Waals surface area contributed by atoms with Gasteiger partial charge in [0.25, 0.3) is 0 Å². The van der Waals surface area contributed by atoms with Gasteiger partial charge in [-0.25, -0.2) is 4.79 Å². The van der Waals surface area contributed by atoms with E-state index in [2.05, 4.69) is 20.9 Å². The van der Waals surface area contributed by atoms with Crippen LogP contribution in [0.4, 0.5) is 10.5 Å². The molecule has 2 aromatic carbocycles. The van der Waals surface area contributed by atoms with Gasteiger partial charge in [-0.05, 0) is 29.7 Å². The van der Waals surface area contributed by atoms with Crippen LogP contribution in [-0.2, 0) is 17.6 Å². The normalized spacial score (nSPS) is 11.3. The lowest BCUT2D eigenvalue weighted by Crippen LogP contribution is -2.49. The van der Waals surface area contributed by atoms with E-state index in [4.69, 9.17) is 0 Å². The van der Waals surface area contributed by atoms with Crippen LogP contribution in [0.2, 0.25) is 0 Å². The molecule has 0 spiro atoms. The van der Waals surface area contributed by atoms with Gasteiger partial charge in [-0.2, -0.15) is 0 Å². The summed E-state index contributed by atoms with van der Waals surface area (Å²) in [5.74, 6) is -0.279. The van der Waals surface area contributed by atoms with Gasteiger partial charge < -0.3 is 16.0 Å². The lowest BCUT2D eigenvalue weighted by atomic mass is 10.1. The summed E-state index contributed by atoms with van der Waals surface area (Å²) in [6, 6.07) is 21.9. The number of rotatable bonds is 8. The average Bonchev–Trinajstić information content (AvgIpc) is 2.75. The molecule has 1 atom stereocenters. The van der Waals surface area contributed by atoms with E-state index in [9.17, 15) is 9.59 Å². The third-order valence-corrected chi connectivity index (χ3v) is 4.39. The molecule has 29 heavy (non-hydrogen) atoms. The highest BCUT2D eigenvalue weighted by Crippen LogP contribution is 2.08.